The third kappa shape index (κ3) is 5.92. The van der Waals surface area contributed by atoms with Crippen molar-refractivity contribution in [3.63, 3.8) is 0 Å². The minimum absolute atomic E-state index is 0.0561. The molecule has 0 bridgehead atoms. The zero-order valence-corrected chi connectivity index (χ0v) is 19.5. The molecule has 1 saturated heterocycles. The Bertz CT molecular complexity index is 1150. The number of rotatable bonds is 5. The van der Waals surface area contributed by atoms with Gasteiger partial charge >= 0.3 is 6.03 Å². The summed E-state index contributed by atoms with van der Waals surface area (Å²) in [5, 5.41) is 5.75. The first-order valence-electron chi connectivity index (χ1n) is 11.4. The fourth-order valence-electron chi connectivity index (χ4n) is 4.10. The number of hydrogen-bond acceptors (Lipinski definition) is 3. The smallest absolute Gasteiger partial charge is 0.323 e. The second kappa shape index (κ2) is 10.4. The van der Waals surface area contributed by atoms with Crippen LogP contribution in [0.4, 0.5) is 26.2 Å². The molecule has 176 valence electrons. The van der Waals surface area contributed by atoms with Crippen LogP contribution < -0.4 is 15.5 Å². The third-order valence-electron chi connectivity index (χ3n) is 6.02. The predicted molar refractivity (Wildman–Crippen MR) is 134 cm³/mol. The number of amides is 3. The Hall–Kier alpha value is -3.87. The number of piperazine rings is 1. The number of benzene rings is 3. The standard InChI is InChI=1S/C27H29FN4O2/c1-19-3-12-25(20(2)17-19)30-27(34)29-23-8-10-24(11-9-23)31-13-15-32(16-14-31)26(33)18-21-4-6-22(28)7-5-21/h3-12,17H,13-16,18H2,1-2H3,(H2,29,30,34). The number of aryl methyl sites for hydroxylation is 2. The van der Waals surface area contributed by atoms with E-state index in [2.05, 4.69) is 15.5 Å². The van der Waals surface area contributed by atoms with Gasteiger partial charge in [-0.3, -0.25) is 4.79 Å². The highest BCUT2D eigenvalue weighted by atomic mass is 19.1. The lowest BCUT2D eigenvalue weighted by molar-refractivity contribution is -0.130. The zero-order chi connectivity index (χ0) is 24.1. The van der Waals surface area contributed by atoms with Crippen molar-refractivity contribution in [2.75, 3.05) is 41.7 Å². The summed E-state index contributed by atoms with van der Waals surface area (Å²) >= 11 is 0. The number of nitrogens with one attached hydrogen (secondary N) is 2. The number of nitrogens with zero attached hydrogens (tertiary/aromatic N) is 2. The van der Waals surface area contributed by atoms with Gasteiger partial charge in [-0.2, -0.15) is 0 Å². The maximum atomic E-state index is 13.1. The Morgan fingerprint density at radius 3 is 2.18 bits per heavy atom. The molecule has 7 heteroatoms. The van der Waals surface area contributed by atoms with E-state index in [0.29, 0.717) is 18.8 Å². The Kier molecular flexibility index (Phi) is 7.11. The molecule has 0 unspecified atom stereocenters. The van der Waals surface area contributed by atoms with Gasteiger partial charge in [0.25, 0.3) is 0 Å². The minimum atomic E-state index is -0.298. The number of carbonyl (C=O) groups is 2. The maximum absolute atomic E-state index is 13.1. The van der Waals surface area contributed by atoms with E-state index in [1.165, 1.54) is 12.1 Å². The van der Waals surface area contributed by atoms with E-state index in [4.69, 9.17) is 0 Å². The molecule has 1 fully saturated rings. The molecule has 1 aliphatic heterocycles. The molecular weight excluding hydrogens is 431 g/mol. The van der Waals surface area contributed by atoms with E-state index >= 15 is 0 Å². The zero-order valence-electron chi connectivity index (χ0n) is 19.5. The number of carbonyl (C=O) groups excluding carboxylic acids is 2. The van der Waals surface area contributed by atoms with Gasteiger partial charge in [0.05, 0.1) is 6.42 Å². The van der Waals surface area contributed by atoms with Gasteiger partial charge in [0.1, 0.15) is 5.82 Å². The Labute approximate surface area is 199 Å². The van der Waals surface area contributed by atoms with Gasteiger partial charge in [-0.15, -0.1) is 0 Å². The molecule has 3 aromatic carbocycles. The molecule has 2 N–H and O–H groups in total. The van der Waals surface area contributed by atoms with E-state index in [9.17, 15) is 14.0 Å². The summed E-state index contributed by atoms with van der Waals surface area (Å²) in [7, 11) is 0. The van der Waals surface area contributed by atoms with Gasteiger partial charge in [-0.1, -0.05) is 29.8 Å². The van der Waals surface area contributed by atoms with Crippen LogP contribution in [0.25, 0.3) is 0 Å². The molecule has 6 nitrogen and oxygen atoms in total. The molecular formula is C27H29FN4O2. The van der Waals surface area contributed by atoms with Crippen molar-refractivity contribution in [1.82, 2.24) is 4.90 Å². The van der Waals surface area contributed by atoms with Crippen LogP contribution in [0.2, 0.25) is 0 Å². The van der Waals surface area contributed by atoms with Crippen LogP contribution in [-0.4, -0.2) is 43.0 Å². The first-order valence-corrected chi connectivity index (χ1v) is 11.4. The third-order valence-corrected chi connectivity index (χ3v) is 6.02. The molecule has 0 saturated carbocycles. The lowest BCUT2D eigenvalue weighted by Crippen LogP contribution is -2.49. The van der Waals surface area contributed by atoms with E-state index in [1.807, 2.05) is 61.2 Å². The van der Waals surface area contributed by atoms with Crippen molar-refractivity contribution >= 4 is 29.0 Å². The fraction of sp³-hybridized carbons (Fsp3) is 0.259. The van der Waals surface area contributed by atoms with Crippen molar-refractivity contribution in [1.29, 1.82) is 0 Å². The molecule has 0 aliphatic carbocycles. The second-order valence-corrected chi connectivity index (χ2v) is 8.62. The van der Waals surface area contributed by atoms with Gasteiger partial charge < -0.3 is 20.4 Å². The minimum Gasteiger partial charge on any atom is -0.368 e. The number of anilines is 3. The summed E-state index contributed by atoms with van der Waals surface area (Å²) in [6.45, 7) is 6.72. The van der Waals surface area contributed by atoms with E-state index in [1.54, 1.807) is 12.1 Å². The van der Waals surface area contributed by atoms with Crippen LogP contribution >= 0.6 is 0 Å². The molecule has 1 heterocycles. The van der Waals surface area contributed by atoms with Crippen LogP contribution in [0.5, 0.6) is 0 Å². The quantitative estimate of drug-likeness (QED) is 0.565. The van der Waals surface area contributed by atoms with Crippen LogP contribution in [0.3, 0.4) is 0 Å². The van der Waals surface area contributed by atoms with Crippen molar-refractivity contribution in [3.8, 4) is 0 Å². The number of hydrogen-bond donors (Lipinski definition) is 2. The molecule has 1 aliphatic rings. The van der Waals surface area contributed by atoms with Gasteiger partial charge in [0.15, 0.2) is 0 Å². The summed E-state index contributed by atoms with van der Waals surface area (Å²) in [4.78, 5) is 29.0. The van der Waals surface area contributed by atoms with E-state index in [-0.39, 0.29) is 24.2 Å². The monoisotopic (exact) mass is 460 g/mol. The van der Waals surface area contributed by atoms with Crippen LogP contribution in [0.15, 0.2) is 66.7 Å². The maximum Gasteiger partial charge on any atom is 0.323 e. The van der Waals surface area contributed by atoms with E-state index < -0.39 is 0 Å². The largest absolute Gasteiger partial charge is 0.368 e. The van der Waals surface area contributed by atoms with Crippen LogP contribution in [0, 0.1) is 19.7 Å². The summed E-state index contributed by atoms with van der Waals surface area (Å²) < 4.78 is 13.1. The fourth-order valence-corrected chi connectivity index (χ4v) is 4.10. The van der Waals surface area contributed by atoms with E-state index in [0.717, 1.165) is 41.2 Å². The molecule has 0 aromatic heterocycles. The summed E-state index contributed by atoms with van der Waals surface area (Å²) in [6.07, 6.45) is 0.283. The SMILES string of the molecule is Cc1ccc(NC(=O)Nc2ccc(N3CCN(C(=O)Cc4ccc(F)cc4)CC3)cc2)c(C)c1. The molecule has 0 radical (unpaired) electrons. The highest BCUT2D eigenvalue weighted by Gasteiger charge is 2.21. The average Bonchev–Trinajstić information content (AvgIpc) is 2.83. The van der Waals surface area contributed by atoms with Crippen molar-refractivity contribution in [2.45, 2.75) is 20.3 Å². The lowest BCUT2D eigenvalue weighted by Gasteiger charge is -2.36. The predicted octanol–water partition coefficient (Wildman–Crippen LogP) is 4.98. The lowest BCUT2D eigenvalue weighted by atomic mass is 10.1. The first-order chi connectivity index (χ1) is 16.4. The molecule has 0 atom stereocenters. The molecule has 4 rings (SSSR count). The van der Waals surface area contributed by atoms with Crippen molar-refractivity contribution in [3.05, 3.63) is 89.2 Å². The van der Waals surface area contributed by atoms with Crippen LogP contribution in [0.1, 0.15) is 16.7 Å². The molecule has 0 spiro atoms. The highest BCUT2D eigenvalue weighted by molar-refractivity contribution is 6.00. The van der Waals surface area contributed by atoms with Crippen molar-refractivity contribution in [2.24, 2.45) is 0 Å². The first kappa shape index (κ1) is 23.3. The molecule has 34 heavy (non-hydrogen) atoms. The van der Waals surface area contributed by atoms with Gasteiger partial charge in [0, 0.05) is 43.2 Å². The Balaban J connectivity index is 1.26. The topological polar surface area (TPSA) is 64.7 Å². The summed E-state index contributed by atoms with van der Waals surface area (Å²) in [6, 6.07) is 19.4. The van der Waals surface area contributed by atoms with Crippen molar-refractivity contribution < 1.29 is 14.0 Å². The van der Waals surface area contributed by atoms with Gasteiger partial charge in [-0.05, 0) is 67.4 Å². The number of urea groups is 1. The van der Waals surface area contributed by atoms with Gasteiger partial charge in [-0.25, -0.2) is 9.18 Å². The molecule has 3 aromatic rings. The van der Waals surface area contributed by atoms with Gasteiger partial charge in [0.2, 0.25) is 5.91 Å². The normalized spacial score (nSPS) is 13.5. The Morgan fingerprint density at radius 1 is 0.853 bits per heavy atom. The average molecular weight is 461 g/mol. The highest BCUT2D eigenvalue weighted by Crippen LogP contribution is 2.21. The summed E-state index contributed by atoms with van der Waals surface area (Å²) in [5.41, 5.74) is 5.52. The second-order valence-electron chi connectivity index (χ2n) is 8.62. The Morgan fingerprint density at radius 2 is 1.53 bits per heavy atom. The summed E-state index contributed by atoms with van der Waals surface area (Å²) in [5.74, 6) is -0.242. The molecule has 3 amide bonds. The number of halogens is 1. The van der Waals surface area contributed by atoms with Crippen LogP contribution in [-0.2, 0) is 11.2 Å².